The molecule has 0 radical (unpaired) electrons. The number of aromatic nitrogens is 2. The minimum atomic E-state index is -1.48. The molecule has 2 aromatic carbocycles. The molecule has 0 saturated heterocycles. The number of anilines is 1. The number of carbonyl (C=O) groups is 2. The van der Waals surface area contributed by atoms with Crippen molar-refractivity contribution in [1.82, 2.24) is 15.4 Å². The lowest BCUT2D eigenvalue weighted by Crippen LogP contribution is -2.38. The van der Waals surface area contributed by atoms with E-state index < -0.39 is 23.4 Å². The summed E-state index contributed by atoms with van der Waals surface area (Å²) in [6, 6.07) is 8.62. The van der Waals surface area contributed by atoms with Crippen molar-refractivity contribution in [3.05, 3.63) is 68.1 Å². The van der Waals surface area contributed by atoms with Crippen molar-refractivity contribution in [3.63, 3.8) is 0 Å². The van der Waals surface area contributed by atoms with E-state index in [1.807, 2.05) is 13.8 Å². The lowest BCUT2D eigenvalue weighted by atomic mass is 9.97. The molecule has 3 rings (SSSR count). The van der Waals surface area contributed by atoms with Crippen molar-refractivity contribution < 1.29 is 14.3 Å². The fraction of sp³-hybridized carbons (Fsp3) is 0.261. The number of hydrazone groups is 1. The van der Waals surface area contributed by atoms with Crippen molar-refractivity contribution in [2.24, 2.45) is 5.10 Å². The van der Waals surface area contributed by atoms with E-state index in [0.29, 0.717) is 27.3 Å². The first-order valence-electron chi connectivity index (χ1n) is 10.1. The Morgan fingerprint density at radius 2 is 1.88 bits per heavy atom. The average molecular weight is 470 g/mol. The predicted molar refractivity (Wildman–Crippen MR) is 128 cm³/mol. The number of fused-ring (bicyclic) bond motifs is 1. The number of H-pyrrole nitrogens is 1. The fourth-order valence-corrected chi connectivity index (χ4v) is 3.50. The number of hydrogen-bond acceptors (Lipinski definition) is 7. The van der Waals surface area contributed by atoms with Crippen molar-refractivity contribution in [2.75, 3.05) is 19.5 Å². The molecular weight excluding hydrogens is 446 g/mol. The smallest absolute Gasteiger partial charge is 0.321 e. The van der Waals surface area contributed by atoms with Gasteiger partial charge in [0.25, 0.3) is 11.5 Å². The van der Waals surface area contributed by atoms with Crippen LogP contribution in [0, 0.1) is 20.8 Å². The minimum absolute atomic E-state index is 0.204. The van der Waals surface area contributed by atoms with Crippen LogP contribution in [0.2, 0.25) is 5.02 Å². The number of ether oxygens (including phenoxy) is 1. The fourth-order valence-electron chi connectivity index (χ4n) is 3.32. The van der Waals surface area contributed by atoms with Gasteiger partial charge in [-0.25, -0.2) is 4.98 Å². The molecule has 1 amide bonds. The Kier molecular flexibility index (Phi) is 7.13. The van der Waals surface area contributed by atoms with Gasteiger partial charge in [0.2, 0.25) is 0 Å². The maximum atomic E-state index is 13.2. The van der Waals surface area contributed by atoms with Gasteiger partial charge in [0.05, 0.1) is 18.1 Å². The number of halogens is 1. The van der Waals surface area contributed by atoms with E-state index >= 15 is 0 Å². The van der Waals surface area contributed by atoms with Gasteiger partial charge in [-0.3, -0.25) is 14.4 Å². The number of hydrogen-bond donors (Lipinski definition) is 3. The number of aromatic amines is 1. The average Bonchev–Trinajstić information content (AvgIpc) is 2.77. The van der Waals surface area contributed by atoms with E-state index in [9.17, 15) is 14.4 Å². The summed E-state index contributed by atoms with van der Waals surface area (Å²) >= 11 is 6.15. The highest BCUT2D eigenvalue weighted by Crippen LogP contribution is 2.24. The van der Waals surface area contributed by atoms with Gasteiger partial charge < -0.3 is 20.5 Å². The molecule has 1 aromatic heterocycles. The zero-order chi connectivity index (χ0) is 24.3. The molecule has 9 nitrogen and oxygen atoms in total. The molecule has 0 fully saturated rings. The molecule has 0 aliphatic heterocycles. The highest BCUT2D eigenvalue weighted by Gasteiger charge is 2.36. The summed E-state index contributed by atoms with van der Waals surface area (Å²) in [6.45, 7) is 5.57. The molecule has 0 aliphatic rings. The van der Waals surface area contributed by atoms with Gasteiger partial charge in [-0.15, -0.1) is 0 Å². The van der Waals surface area contributed by atoms with Crippen LogP contribution >= 0.6 is 11.6 Å². The quantitative estimate of drug-likeness (QED) is 0.289. The first-order valence-corrected chi connectivity index (χ1v) is 10.5. The molecule has 1 atom stereocenters. The normalized spacial score (nSPS) is 12.4. The third kappa shape index (κ3) is 4.88. The van der Waals surface area contributed by atoms with Crippen LogP contribution in [0.5, 0.6) is 0 Å². The van der Waals surface area contributed by atoms with E-state index in [-0.39, 0.29) is 11.4 Å². The van der Waals surface area contributed by atoms with Crippen molar-refractivity contribution in [1.29, 1.82) is 0 Å². The van der Waals surface area contributed by atoms with Gasteiger partial charge in [0.1, 0.15) is 11.4 Å². The number of carbonyl (C=O) groups excluding carboxylic acids is 2. The van der Waals surface area contributed by atoms with Crippen LogP contribution in [-0.2, 0) is 14.3 Å². The van der Waals surface area contributed by atoms with Crippen molar-refractivity contribution >= 4 is 45.9 Å². The maximum Gasteiger partial charge on any atom is 0.321 e. The summed E-state index contributed by atoms with van der Waals surface area (Å²) in [7, 11) is 2.63. The molecule has 3 N–H and O–H groups in total. The number of rotatable bonds is 6. The van der Waals surface area contributed by atoms with Gasteiger partial charge in [0, 0.05) is 17.8 Å². The second-order valence-electron chi connectivity index (χ2n) is 7.45. The summed E-state index contributed by atoms with van der Waals surface area (Å²) in [4.78, 5) is 46.1. The highest BCUT2D eigenvalue weighted by molar-refractivity contribution is 6.48. The van der Waals surface area contributed by atoms with E-state index in [0.717, 1.165) is 18.2 Å². The third-order valence-corrected chi connectivity index (χ3v) is 5.71. The van der Waals surface area contributed by atoms with E-state index in [1.165, 1.54) is 7.05 Å². The van der Waals surface area contributed by atoms with Crippen molar-refractivity contribution in [2.45, 2.75) is 26.7 Å². The molecule has 10 heteroatoms. The number of nitrogens with one attached hydrogen (secondary N) is 3. The lowest BCUT2D eigenvalue weighted by molar-refractivity contribution is -0.141. The number of amides is 1. The summed E-state index contributed by atoms with van der Waals surface area (Å²) in [5.74, 6) is -3.05. The Hall–Kier alpha value is -3.72. The van der Waals surface area contributed by atoms with Crippen LogP contribution in [0.15, 0.2) is 40.2 Å². The number of methoxy groups -OCH3 is 1. The van der Waals surface area contributed by atoms with E-state index in [1.54, 1.807) is 37.3 Å². The monoisotopic (exact) mass is 469 g/mol. The molecule has 0 saturated carbocycles. The lowest BCUT2D eigenvalue weighted by Gasteiger charge is -2.17. The SMILES string of the molecule is CN/N=C(\C(=O)Nc1cccc(Cl)c1C)C(C(=O)OC)c1nc2cc(C)c(C)cc2[nH]c1=O. The second-order valence-corrected chi connectivity index (χ2v) is 7.86. The third-order valence-electron chi connectivity index (χ3n) is 5.30. The van der Waals surface area contributed by atoms with Crippen LogP contribution < -0.4 is 16.3 Å². The molecule has 1 heterocycles. The molecule has 0 bridgehead atoms. The zero-order valence-electron chi connectivity index (χ0n) is 18.9. The van der Waals surface area contributed by atoms with Crippen LogP contribution in [0.25, 0.3) is 11.0 Å². The Morgan fingerprint density at radius 3 is 2.55 bits per heavy atom. The van der Waals surface area contributed by atoms with Crippen LogP contribution in [0.3, 0.4) is 0 Å². The minimum Gasteiger partial charge on any atom is -0.468 e. The highest BCUT2D eigenvalue weighted by atomic mass is 35.5. The van der Waals surface area contributed by atoms with Gasteiger partial charge in [-0.1, -0.05) is 17.7 Å². The topological polar surface area (TPSA) is 126 Å². The molecule has 0 aliphatic carbocycles. The van der Waals surface area contributed by atoms with E-state index in [2.05, 4.69) is 25.8 Å². The summed E-state index contributed by atoms with van der Waals surface area (Å²) in [5, 5.41) is 7.16. The molecule has 33 heavy (non-hydrogen) atoms. The first kappa shape index (κ1) is 23.9. The standard InChI is InChI=1S/C23H24ClN5O4/c1-11-9-16-17(10-12(11)2)28-21(30)19(26-16)18(23(32)33-5)20(29-25-4)22(31)27-15-8-6-7-14(24)13(15)3/h6-10,18,25H,1-5H3,(H,27,31)(H,28,30)/b29-20-. The maximum absolute atomic E-state index is 13.2. The molecule has 1 unspecified atom stereocenters. The number of nitrogens with zero attached hydrogens (tertiary/aromatic N) is 2. The largest absolute Gasteiger partial charge is 0.468 e. The Morgan fingerprint density at radius 1 is 1.18 bits per heavy atom. The van der Waals surface area contributed by atoms with Crippen LogP contribution in [-0.4, -0.2) is 41.7 Å². The van der Waals surface area contributed by atoms with Gasteiger partial charge in [-0.2, -0.15) is 5.10 Å². The van der Waals surface area contributed by atoms with Gasteiger partial charge in [0.15, 0.2) is 5.92 Å². The van der Waals surface area contributed by atoms with Crippen molar-refractivity contribution in [3.8, 4) is 0 Å². The molecule has 3 aromatic rings. The second kappa shape index (κ2) is 9.83. The first-order chi connectivity index (χ1) is 15.7. The number of benzene rings is 2. The van der Waals surface area contributed by atoms with Crippen LogP contribution in [0.1, 0.15) is 28.3 Å². The number of esters is 1. The molecule has 0 spiro atoms. The van der Waals surface area contributed by atoms with Crippen LogP contribution in [0.4, 0.5) is 5.69 Å². The Bertz CT molecular complexity index is 1330. The summed E-state index contributed by atoms with van der Waals surface area (Å²) in [6.07, 6.45) is 0. The number of aryl methyl sites for hydroxylation is 2. The summed E-state index contributed by atoms with van der Waals surface area (Å²) in [5.41, 5.74) is 5.39. The predicted octanol–water partition coefficient (Wildman–Crippen LogP) is 2.97. The Labute approximate surface area is 195 Å². The Balaban J connectivity index is 2.14. The zero-order valence-corrected chi connectivity index (χ0v) is 19.6. The summed E-state index contributed by atoms with van der Waals surface area (Å²) < 4.78 is 4.91. The van der Waals surface area contributed by atoms with Gasteiger partial charge in [-0.05, 0) is 61.7 Å². The molecule has 172 valence electrons. The van der Waals surface area contributed by atoms with E-state index in [4.69, 9.17) is 16.3 Å². The van der Waals surface area contributed by atoms with Gasteiger partial charge >= 0.3 is 5.97 Å². The molecular formula is C23H24ClN5O4.